The summed E-state index contributed by atoms with van der Waals surface area (Å²) in [6.07, 6.45) is 6.11. The van der Waals surface area contributed by atoms with Crippen molar-refractivity contribution in [2.24, 2.45) is 5.41 Å². The summed E-state index contributed by atoms with van der Waals surface area (Å²) < 4.78 is 0. The summed E-state index contributed by atoms with van der Waals surface area (Å²) in [4.78, 5) is 24.3. The lowest BCUT2D eigenvalue weighted by molar-refractivity contribution is -0.123. The molecule has 2 aromatic rings. The van der Waals surface area contributed by atoms with Gasteiger partial charge in [-0.3, -0.25) is 4.79 Å². The number of carbonyl (C=O) groups excluding carboxylic acids is 2. The Kier molecular flexibility index (Phi) is 5.17. The molecule has 2 aromatic carbocycles. The molecule has 2 nitrogen and oxygen atoms in total. The first-order chi connectivity index (χ1) is 12.1. The van der Waals surface area contributed by atoms with Crippen LogP contribution in [0.5, 0.6) is 0 Å². The molecule has 0 bridgehead atoms. The van der Waals surface area contributed by atoms with Gasteiger partial charge in [0.25, 0.3) is 0 Å². The predicted molar refractivity (Wildman–Crippen MR) is 101 cm³/mol. The zero-order valence-electron chi connectivity index (χ0n) is 14.9. The van der Waals surface area contributed by atoms with Gasteiger partial charge >= 0.3 is 0 Å². The first kappa shape index (κ1) is 17.6. The highest BCUT2D eigenvalue weighted by molar-refractivity contribution is 5.80. The molecule has 1 unspecified atom stereocenters. The first-order valence-corrected chi connectivity index (χ1v) is 9.17. The monoisotopic (exact) mass is 334 g/mol. The van der Waals surface area contributed by atoms with Gasteiger partial charge in [0.05, 0.1) is 5.41 Å². The molecular formula is C23H26O2. The van der Waals surface area contributed by atoms with Gasteiger partial charge in [0.1, 0.15) is 12.1 Å². The van der Waals surface area contributed by atoms with Crippen LogP contribution in [0.2, 0.25) is 0 Å². The van der Waals surface area contributed by atoms with Crippen LogP contribution in [0.25, 0.3) is 0 Å². The zero-order chi connectivity index (χ0) is 17.8. The van der Waals surface area contributed by atoms with Crippen molar-refractivity contribution in [3.8, 4) is 0 Å². The van der Waals surface area contributed by atoms with Crippen LogP contribution in [-0.2, 0) is 15.0 Å². The number of benzene rings is 2. The Morgan fingerprint density at radius 1 is 1.00 bits per heavy atom. The maximum absolute atomic E-state index is 12.4. The quantitative estimate of drug-likeness (QED) is 0.689. The molecule has 0 heterocycles. The van der Waals surface area contributed by atoms with E-state index in [0.717, 1.165) is 43.1 Å². The first-order valence-electron chi connectivity index (χ1n) is 9.17. The summed E-state index contributed by atoms with van der Waals surface area (Å²) in [6.45, 7) is 2.20. The Balaban J connectivity index is 1.94. The number of hydrogen-bond donors (Lipinski definition) is 0. The molecule has 1 saturated carbocycles. The molecule has 0 radical (unpaired) electrons. The van der Waals surface area contributed by atoms with Crippen molar-refractivity contribution < 1.29 is 9.59 Å². The fourth-order valence-corrected chi connectivity index (χ4v) is 4.20. The van der Waals surface area contributed by atoms with Crippen molar-refractivity contribution in [2.45, 2.75) is 50.9 Å². The summed E-state index contributed by atoms with van der Waals surface area (Å²) in [5, 5.41) is 0. The van der Waals surface area contributed by atoms with Crippen LogP contribution in [-0.4, -0.2) is 12.1 Å². The Bertz CT molecular complexity index is 681. The highest BCUT2D eigenvalue weighted by Crippen LogP contribution is 2.43. The Morgan fingerprint density at radius 3 is 2.04 bits per heavy atom. The van der Waals surface area contributed by atoms with Crippen LogP contribution in [0.4, 0.5) is 0 Å². The topological polar surface area (TPSA) is 34.1 Å². The van der Waals surface area contributed by atoms with Gasteiger partial charge in [0, 0.05) is 12.8 Å². The van der Waals surface area contributed by atoms with E-state index in [1.54, 1.807) is 0 Å². The Morgan fingerprint density at radius 2 is 1.56 bits per heavy atom. The molecule has 0 saturated heterocycles. The minimum absolute atomic E-state index is 0.00710. The lowest BCUT2D eigenvalue weighted by Gasteiger charge is -2.37. The molecule has 25 heavy (non-hydrogen) atoms. The SMILES string of the molecule is CC1(CCC(C=O)(c2ccccc2)c2ccccc2)CCCC(=O)C1. The average molecular weight is 334 g/mol. The van der Waals surface area contributed by atoms with Crippen molar-refractivity contribution >= 4 is 12.1 Å². The molecule has 0 N–H and O–H groups in total. The highest BCUT2D eigenvalue weighted by Gasteiger charge is 2.38. The molecule has 0 aromatic heterocycles. The fourth-order valence-electron chi connectivity index (χ4n) is 4.20. The molecule has 0 spiro atoms. The average Bonchev–Trinajstić information content (AvgIpc) is 2.64. The molecule has 1 aliphatic carbocycles. The second-order valence-corrected chi connectivity index (χ2v) is 7.70. The second kappa shape index (κ2) is 7.35. The van der Waals surface area contributed by atoms with Crippen molar-refractivity contribution in [3.63, 3.8) is 0 Å². The van der Waals surface area contributed by atoms with Crippen molar-refractivity contribution in [2.75, 3.05) is 0 Å². The lowest BCUT2D eigenvalue weighted by atomic mass is 9.65. The van der Waals surface area contributed by atoms with Crippen LogP contribution < -0.4 is 0 Å². The third-order valence-corrected chi connectivity index (χ3v) is 5.76. The standard InChI is InChI=1S/C23H26O2/c1-22(14-8-13-21(25)17-22)15-16-23(18-24,19-9-4-2-5-10-19)20-11-6-3-7-12-20/h2-7,9-12,18H,8,13-17H2,1H3. The number of hydrogen-bond acceptors (Lipinski definition) is 2. The summed E-state index contributed by atoms with van der Waals surface area (Å²) in [7, 11) is 0. The van der Waals surface area contributed by atoms with E-state index in [0.29, 0.717) is 18.6 Å². The summed E-state index contributed by atoms with van der Waals surface area (Å²) in [5.41, 5.74) is 1.42. The molecule has 2 heteroatoms. The van der Waals surface area contributed by atoms with E-state index in [1.165, 1.54) is 0 Å². The smallest absolute Gasteiger partial charge is 0.134 e. The van der Waals surface area contributed by atoms with Gasteiger partial charge in [-0.2, -0.15) is 0 Å². The number of ketones is 1. The fraction of sp³-hybridized carbons (Fsp3) is 0.391. The van der Waals surface area contributed by atoms with Crippen LogP contribution >= 0.6 is 0 Å². The summed E-state index contributed by atoms with van der Waals surface area (Å²) >= 11 is 0. The number of rotatable bonds is 6. The largest absolute Gasteiger partial charge is 0.302 e. The van der Waals surface area contributed by atoms with E-state index in [-0.39, 0.29) is 5.41 Å². The summed E-state index contributed by atoms with van der Waals surface area (Å²) in [6, 6.07) is 20.1. The predicted octanol–water partition coefficient (Wildman–Crippen LogP) is 5.10. The molecular weight excluding hydrogens is 308 g/mol. The van der Waals surface area contributed by atoms with Crippen LogP contribution in [0, 0.1) is 5.41 Å². The number of Topliss-reactive ketones (excluding diaryl/α,β-unsaturated/α-hetero) is 1. The van der Waals surface area contributed by atoms with E-state index in [9.17, 15) is 9.59 Å². The minimum atomic E-state index is -0.647. The van der Waals surface area contributed by atoms with Gasteiger partial charge in [-0.1, -0.05) is 67.6 Å². The van der Waals surface area contributed by atoms with Crippen LogP contribution in [0.1, 0.15) is 56.6 Å². The van der Waals surface area contributed by atoms with E-state index >= 15 is 0 Å². The van der Waals surface area contributed by atoms with E-state index in [4.69, 9.17) is 0 Å². The van der Waals surface area contributed by atoms with Gasteiger partial charge in [0.15, 0.2) is 0 Å². The number of carbonyl (C=O) groups is 2. The maximum Gasteiger partial charge on any atom is 0.134 e. The van der Waals surface area contributed by atoms with Crippen LogP contribution in [0.3, 0.4) is 0 Å². The molecule has 3 rings (SSSR count). The molecule has 130 valence electrons. The lowest BCUT2D eigenvalue weighted by Crippen LogP contribution is -2.34. The number of aldehydes is 1. The van der Waals surface area contributed by atoms with E-state index < -0.39 is 5.41 Å². The molecule has 0 amide bonds. The Hall–Kier alpha value is -2.22. The third kappa shape index (κ3) is 3.73. The van der Waals surface area contributed by atoms with Crippen LogP contribution in [0.15, 0.2) is 60.7 Å². The van der Waals surface area contributed by atoms with Crippen molar-refractivity contribution in [3.05, 3.63) is 71.8 Å². The molecule has 1 atom stereocenters. The minimum Gasteiger partial charge on any atom is -0.302 e. The normalized spacial score (nSPS) is 21.1. The maximum atomic E-state index is 12.4. The van der Waals surface area contributed by atoms with E-state index in [2.05, 4.69) is 6.92 Å². The molecule has 1 fully saturated rings. The van der Waals surface area contributed by atoms with Gasteiger partial charge in [-0.05, 0) is 42.2 Å². The van der Waals surface area contributed by atoms with Gasteiger partial charge < -0.3 is 4.79 Å². The van der Waals surface area contributed by atoms with Gasteiger partial charge in [-0.15, -0.1) is 0 Å². The Labute approximate surface area is 150 Å². The molecule has 0 aliphatic heterocycles. The van der Waals surface area contributed by atoms with Gasteiger partial charge in [0.2, 0.25) is 0 Å². The third-order valence-electron chi connectivity index (χ3n) is 5.76. The van der Waals surface area contributed by atoms with Gasteiger partial charge in [-0.25, -0.2) is 0 Å². The van der Waals surface area contributed by atoms with Crippen molar-refractivity contribution in [1.29, 1.82) is 0 Å². The highest BCUT2D eigenvalue weighted by atomic mass is 16.1. The summed E-state index contributed by atoms with van der Waals surface area (Å²) in [5.74, 6) is 0.366. The zero-order valence-corrected chi connectivity index (χ0v) is 14.9. The molecule has 1 aliphatic rings. The van der Waals surface area contributed by atoms with Crippen molar-refractivity contribution in [1.82, 2.24) is 0 Å². The van der Waals surface area contributed by atoms with E-state index in [1.807, 2.05) is 60.7 Å². The second-order valence-electron chi connectivity index (χ2n) is 7.70.